The Bertz CT molecular complexity index is 2220. The third-order valence-electron chi connectivity index (χ3n) is 7.83. The number of para-hydroxylation sites is 1. The molecule has 0 unspecified atom stereocenters. The van der Waals surface area contributed by atoms with Gasteiger partial charge in [0.05, 0.1) is 0 Å². The van der Waals surface area contributed by atoms with Gasteiger partial charge in [0.2, 0.25) is 0 Å². The van der Waals surface area contributed by atoms with Gasteiger partial charge in [0.1, 0.15) is 16.9 Å². The van der Waals surface area contributed by atoms with Crippen LogP contribution in [0.25, 0.3) is 78.4 Å². The van der Waals surface area contributed by atoms with Gasteiger partial charge in [0, 0.05) is 33.0 Å². The maximum atomic E-state index is 11.7. The first-order valence-corrected chi connectivity index (χ1v) is 14.4. The van der Waals surface area contributed by atoms with Gasteiger partial charge in [-0.05, 0) is 47.0 Å². The van der Waals surface area contributed by atoms with Crippen molar-refractivity contribution in [1.82, 2.24) is 15.0 Å². The zero-order chi connectivity index (χ0) is 29.5. The Hall–Kier alpha value is -6.07. The van der Waals surface area contributed by atoms with Crippen molar-refractivity contribution < 1.29 is 9.52 Å². The fraction of sp³-hybridized carbons (Fsp3) is 0. The minimum atomic E-state index is 0.135. The van der Waals surface area contributed by atoms with Crippen LogP contribution in [0.2, 0.25) is 0 Å². The first kappa shape index (κ1) is 25.6. The van der Waals surface area contributed by atoms with E-state index in [9.17, 15) is 5.11 Å². The molecule has 8 rings (SSSR count). The maximum absolute atomic E-state index is 11.7. The van der Waals surface area contributed by atoms with Gasteiger partial charge in [0.15, 0.2) is 17.5 Å². The standard InChI is InChI=1S/C39H25N3O2/c43-33-23-29(28-20-21-31-30-18-10-11-19-34(30)44-35(31)24-28)22-32(36(33)25-12-4-1-5-13-25)39-41-37(26-14-6-2-7-15-26)40-38(42-39)27-16-8-3-9-17-27/h1-24,43H. The molecule has 8 aromatic rings. The van der Waals surface area contributed by atoms with Crippen LogP contribution in [-0.2, 0) is 0 Å². The summed E-state index contributed by atoms with van der Waals surface area (Å²) in [5, 5.41) is 13.8. The van der Waals surface area contributed by atoms with Crippen LogP contribution in [-0.4, -0.2) is 20.1 Å². The van der Waals surface area contributed by atoms with Gasteiger partial charge in [-0.2, -0.15) is 0 Å². The molecule has 2 aromatic heterocycles. The minimum absolute atomic E-state index is 0.135. The highest BCUT2D eigenvalue weighted by Crippen LogP contribution is 2.42. The number of phenols is 1. The van der Waals surface area contributed by atoms with E-state index in [0.29, 0.717) is 28.6 Å². The van der Waals surface area contributed by atoms with Crippen molar-refractivity contribution >= 4 is 21.9 Å². The summed E-state index contributed by atoms with van der Waals surface area (Å²) >= 11 is 0. The molecular weight excluding hydrogens is 542 g/mol. The molecule has 5 nitrogen and oxygen atoms in total. The lowest BCUT2D eigenvalue weighted by Crippen LogP contribution is -2.01. The molecule has 0 atom stereocenters. The third kappa shape index (κ3) is 4.57. The van der Waals surface area contributed by atoms with E-state index in [1.165, 1.54) is 0 Å². The molecule has 0 fully saturated rings. The monoisotopic (exact) mass is 567 g/mol. The molecule has 2 heterocycles. The molecule has 1 N–H and O–H groups in total. The van der Waals surface area contributed by atoms with Crippen molar-refractivity contribution in [2.75, 3.05) is 0 Å². The van der Waals surface area contributed by atoms with Crippen LogP contribution in [0.1, 0.15) is 0 Å². The van der Waals surface area contributed by atoms with Crippen molar-refractivity contribution in [3.63, 3.8) is 0 Å². The summed E-state index contributed by atoms with van der Waals surface area (Å²) in [7, 11) is 0. The number of rotatable bonds is 5. The number of benzene rings is 6. The Morgan fingerprint density at radius 1 is 0.409 bits per heavy atom. The van der Waals surface area contributed by atoms with E-state index >= 15 is 0 Å². The molecule has 0 saturated carbocycles. The molecule has 0 bridgehead atoms. The number of hydrogen-bond acceptors (Lipinski definition) is 5. The van der Waals surface area contributed by atoms with E-state index in [2.05, 4.69) is 18.2 Å². The number of aromatic nitrogens is 3. The van der Waals surface area contributed by atoms with Crippen LogP contribution >= 0.6 is 0 Å². The van der Waals surface area contributed by atoms with Crippen molar-refractivity contribution in [2.45, 2.75) is 0 Å². The zero-order valence-corrected chi connectivity index (χ0v) is 23.6. The van der Waals surface area contributed by atoms with Crippen LogP contribution in [0.3, 0.4) is 0 Å². The highest BCUT2D eigenvalue weighted by atomic mass is 16.3. The van der Waals surface area contributed by atoms with Crippen LogP contribution in [0.15, 0.2) is 150 Å². The number of aromatic hydroxyl groups is 1. The average Bonchev–Trinajstić information content (AvgIpc) is 3.47. The zero-order valence-electron chi connectivity index (χ0n) is 23.6. The molecule has 44 heavy (non-hydrogen) atoms. The van der Waals surface area contributed by atoms with Gasteiger partial charge in [-0.3, -0.25) is 0 Å². The average molecular weight is 568 g/mol. The fourth-order valence-electron chi connectivity index (χ4n) is 5.71. The second kappa shape index (κ2) is 10.6. The van der Waals surface area contributed by atoms with E-state index in [4.69, 9.17) is 19.4 Å². The molecule has 5 heteroatoms. The Balaban J connectivity index is 1.38. The van der Waals surface area contributed by atoms with Gasteiger partial charge >= 0.3 is 0 Å². The lowest BCUT2D eigenvalue weighted by molar-refractivity contribution is 0.477. The SMILES string of the molecule is Oc1cc(-c2ccc3c(c2)oc2ccccc23)cc(-c2nc(-c3ccccc3)nc(-c3ccccc3)n2)c1-c1ccccc1. The fourth-order valence-corrected chi connectivity index (χ4v) is 5.71. The molecule has 0 aliphatic carbocycles. The Morgan fingerprint density at radius 2 is 0.955 bits per heavy atom. The number of nitrogens with zero attached hydrogens (tertiary/aromatic N) is 3. The third-order valence-corrected chi connectivity index (χ3v) is 7.83. The number of furan rings is 1. The molecule has 0 spiro atoms. The quantitative estimate of drug-likeness (QED) is 0.224. The number of phenolic OH excluding ortho intramolecular Hbond substituents is 1. The van der Waals surface area contributed by atoms with E-state index < -0.39 is 0 Å². The van der Waals surface area contributed by atoms with Crippen molar-refractivity contribution in [2.24, 2.45) is 0 Å². The maximum Gasteiger partial charge on any atom is 0.164 e. The van der Waals surface area contributed by atoms with Crippen molar-refractivity contribution in [1.29, 1.82) is 0 Å². The topological polar surface area (TPSA) is 72.0 Å². The minimum Gasteiger partial charge on any atom is -0.507 e. The summed E-state index contributed by atoms with van der Waals surface area (Å²) in [5.74, 6) is 1.72. The van der Waals surface area contributed by atoms with E-state index in [1.807, 2.05) is 121 Å². The van der Waals surface area contributed by atoms with Gasteiger partial charge in [-0.15, -0.1) is 0 Å². The molecule has 0 saturated heterocycles. The van der Waals surface area contributed by atoms with E-state index in [1.54, 1.807) is 6.07 Å². The highest BCUT2D eigenvalue weighted by molar-refractivity contribution is 6.06. The molecule has 0 aliphatic rings. The van der Waals surface area contributed by atoms with Crippen LogP contribution in [0, 0.1) is 0 Å². The lowest BCUT2D eigenvalue weighted by atomic mass is 9.93. The van der Waals surface area contributed by atoms with Gasteiger partial charge < -0.3 is 9.52 Å². The van der Waals surface area contributed by atoms with Gasteiger partial charge in [-0.25, -0.2) is 15.0 Å². The smallest absolute Gasteiger partial charge is 0.164 e. The Labute approximate surface area is 253 Å². The van der Waals surface area contributed by atoms with Crippen molar-refractivity contribution in [3.05, 3.63) is 146 Å². The molecular formula is C39H25N3O2. The Morgan fingerprint density at radius 3 is 1.61 bits per heavy atom. The second-order valence-corrected chi connectivity index (χ2v) is 10.6. The summed E-state index contributed by atoms with van der Waals surface area (Å²) in [6.07, 6.45) is 0. The summed E-state index contributed by atoms with van der Waals surface area (Å²) in [5.41, 5.74) is 7.34. The number of fused-ring (bicyclic) bond motifs is 3. The first-order chi connectivity index (χ1) is 21.7. The molecule has 208 valence electrons. The largest absolute Gasteiger partial charge is 0.507 e. The second-order valence-electron chi connectivity index (χ2n) is 10.6. The summed E-state index contributed by atoms with van der Waals surface area (Å²) in [6.45, 7) is 0. The van der Waals surface area contributed by atoms with Gasteiger partial charge in [-0.1, -0.05) is 115 Å². The van der Waals surface area contributed by atoms with Crippen molar-refractivity contribution in [3.8, 4) is 62.2 Å². The summed E-state index contributed by atoms with van der Waals surface area (Å²) < 4.78 is 6.19. The van der Waals surface area contributed by atoms with Crippen LogP contribution in [0.5, 0.6) is 5.75 Å². The van der Waals surface area contributed by atoms with E-state index in [0.717, 1.165) is 49.8 Å². The summed E-state index contributed by atoms with van der Waals surface area (Å²) in [4.78, 5) is 14.8. The lowest BCUT2D eigenvalue weighted by Gasteiger charge is -2.15. The molecule has 0 aliphatic heterocycles. The first-order valence-electron chi connectivity index (χ1n) is 14.4. The molecule has 0 amide bonds. The predicted molar refractivity (Wildman–Crippen MR) is 176 cm³/mol. The van der Waals surface area contributed by atoms with E-state index in [-0.39, 0.29) is 5.75 Å². The predicted octanol–water partition coefficient (Wildman–Crippen LogP) is 9.81. The normalized spacial score (nSPS) is 11.3. The van der Waals surface area contributed by atoms with Crippen LogP contribution in [0.4, 0.5) is 0 Å². The molecule has 6 aromatic carbocycles. The number of hydrogen-bond donors (Lipinski definition) is 1. The van der Waals surface area contributed by atoms with Crippen LogP contribution < -0.4 is 0 Å². The Kier molecular flexibility index (Phi) is 6.20. The highest BCUT2D eigenvalue weighted by Gasteiger charge is 2.20. The molecule has 0 radical (unpaired) electrons. The van der Waals surface area contributed by atoms with Gasteiger partial charge in [0.25, 0.3) is 0 Å². The summed E-state index contributed by atoms with van der Waals surface area (Å²) in [6, 6.07) is 47.6.